The number of aryl methyl sites for hydroxylation is 3. The maximum absolute atomic E-state index is 11.4. The van der Waals surface area contributed by atoms with E-state index in [1.165, 1.54) is 10.6 Å². The van der Waals surface area contributed by atoms with Crippen LogP contribution in [0, 0.1) is 20.8 Å². The Labute approximate surface area is 124 Å². The predicted molar refractivity (Wildman–Crippen MR) is 81.9 cm³/mol. The second-order valence-corrected chi connectivity index (χ2v) is 7.64. The summed E-state index contributed by atoms with van der Waals surface area (Å²) in [6.45, 7) is 5.73. The lowest BCUT2D eigenvalue weighted by atomic mass is 10.1. The molecule has 5 nitrogen and oxygen atoms in total. The first-order valence-electron chi connectivity index (χ1n) is 6.48. The summed E-state index contributed by atoms with van der Waals surface area (Å²) in [6, 6.07) is 5.17. The highest BCUT2D eigenvalue weighted by atomic mass is 32.2. The summed E-state index contributed by atoms with van der Waals surface area (Å²) in [4.78, 5) is 0. The molecule has 2 rings (SSSR count). The van der Waals surface area contributed by atoms with Crippen molar-refractivity contribution in [1.29, 1.82) is 0 Å². The first kappa shape index (κ1) is 15.4. The lowest BCUT2D eigenvalue weighted by Gasteiger charge is -2.14. The van der Waals surface area contributed by atoms with Crippen molar-refractivity contribution in [3.8, 4) is 17.4 Å². The van der Waals surface area contributed by atoms with E-state index in [0.29, 0.717) is 5.69 Å². The van der Waals surface area contributed by atoms with E-state index in [0.717, 1.165) is 22.9 Å². The zero-order valence-electron chi connectivity index (χ0n) is 12.5. The molecule has 0 atom stereocenters. The van der Waals surface area contributed by atoms with Gasteiger partial charge in [-0.25, -0.2) is 8.42 Å². The molecule has 0 saturated heterocycles. The van der Waals surface area contributed by atoms with Crippen molar-refractivity contribution in [1.82, 2.24) is 4.57 Å². The van der Waals surface area contributed by atoms with E-state index in [9.17, 15) is 18.6 Å². The van der Waals surface area contributed by atoms with Crippen LogP contribution < -0.4 is 0 Å². The van der Waals surface area contributed by atoms with Gasteiger partial charge in [0, 0.05) is 17.9 Å². The predicted octanol–water partition coefficient (Wildman–Crippen LogP) is 2.36. The molecule has 2 aromatic rings. The summed E-state index contributed by atoms with van der Waals surface area (Å²) in [5, 5.41) is 20.4. The number of benzene rings is 1. The largest absolute Gasteiger partial charge is 0.494 e. The molecule has 0 radical (unpaired) electrons. The molecule has 0 unspecified atom stereocenters. The van der Waals surface area contributed by atoms with Gasteiger partial charge in [0.2, 0.25) is 5.88 Å². The van der Waals surface area contributed by atoms with Crippen molar-refractivity contribution < 1.29 is 18.6 Å². The fourth-order valence-corrected chi connectivity index (χ4v) is 3.45. The number of sulfone groups is 1. The van der Waals surface area contributed by atoms with Crippen LogP contribution in [0.4, 0.5) is 0 Å². The molecule has 1 heterocycles. The van der Waals surface area contributed by atoms with Gasteiger partial charge in [0.25, 0.3) is 0 Å². The summed E-state index contributed by atoms with van der Waals surface area (Å²) in [7, 11) is -3.30. The number of rotatable bonds is 3. The second-order valence-electron chi connectivity index (χ2n) is 5.50. The van der Waals surface area contributed by atoms with Crippen LogP contribution in [-0.4, -0.2) is 29.5 Å². The summed E-state index contributed by atoms with van der Waals surface area (Å²) in [5.41, 5.74) is 3.71. The van der Waals surface area contributed by atoms with Crippen molar-refractivity contribution in [2.45, 2.75) is 26.5 Å². The van der Waals surface area contributed by atoms with Crippen LogP contribution in [0.25, 0.3) is 5.69 Å². The normalized spacial score (nSPS) is 11.8. The quantitative estimate of drug-likeness (QED) is 0.912. The highest BCUT2D eigenvalue weighted by Crippen LogP contribution is 2.35. The van der Waals surface area contributed by atoms with Crippen LogP contribution in [0.5, 0.6) is 11.8 Å². The van der Waals surface area contributed by atoms with Gasteiger partial charge >= 0.3 is 0 Å². The molecule has 21 heavy (non-hydrogen) atoms. The Morgan fingerprint density at radius 3 is 2.05 bits per heavy atom. The van der Waals surface area contributed by atoms with Gasteiger partial charge in [-0.2, -0.15) is 0 Å². The van der Waals surface area contributed by atoms with Crippen LogP contribution >= 0.6 is 0 Å². The van der Waals surface area contributed by atoms with E-state index >= 15 is 0 Å². The Hall–Kier alpha value is -1.95. The van der Waals surface area contributed by atoms with E-state index in [4.69, 9.17) is 0 Å². The van der Waals surface area contributed by atoms with Gasteiger partial charge in [-0.1, -0.05) is 17.7 Å². The van der Waals surface area contributed by atoms with Gasteiger partial charge in [-0.15, -0.1) is 0 Å². The number of nitrogens with zero attached hydrogens (tertiary/aromatic N) is 1. The van der Waals surface area contributed by atoms with E-state index in [2.05, 4.69) is 0 Å². The van der Waals surface area contributed by atoms with E-state index in [1.54, 1.807) is 0 Å². The molecular weight excluding hydrogens is 290 g/mol. The zero-order chi connectivity index (χ0) is 15.9. The van der Waals surface area contributed by atoms with E-state index in [1.807, 2.05) is 32.9 Å². The highest BCUT2D eigenvalue weighted by molar-refractivity contribution is 7.89. The van der Waals surface area contributed by atoms with Crippen molar-refractivity contribution >= 4 is 9.84 Å². The molecule has 0 fully saturated rings. The molecule has 0 spiro atoms. The standard InChI is InChI=1S/C15H19NO4S/c1-9-5-10(2)14(11(3)6-9)16-13(17)7-12(15(16)18)8-21(4,19)20/h5-7,17-18H,8H2,1-4H3. The van der Waals surface area contributed by atoms with Crippen LogP contribution in [0.15, 0.2) is 18.2 Å². The number of hydrogen-bond acceptors (Lipinski definition) is 4. The fraction of sp³-hybridized carbons (Fsp3) is 0.333. The number of aromatic nitrogens is 1. The third-order valence-electron chi connectivity index (χ3n) is 3.31. The zero-order valence-corrected chi connectivity index (χ0v) is 13.3. The molecule has 0 bridgehead atoms. The van der Waals surface area contributed by atoms with Crippen LogP contribution in [0.1, 0.15) is 22.3 Å². The third-order valence-corrected chi connectivity index (χ3v) is 4.14. The summed E-state index contributed by atoms with van der Waals surface area (Å²) < 4.78 is 24.1. The van der Waals surface area contributed by atoms with Gasteiger partial charge in [0.1, 0.15) is 0 Å². The molecule has 0 aliphatic rings. The molecule has 6 heteroatoms. The molecular formula is C15H19NO4S. The Morgan fingerprint density at radius 1 is 1.05 bits per heavy atom. The van der Waals surface area contributed by atoms with Crippen LogP contribution in [0.2, 0.25) is 0 Å². The van der Waals surface area contributed by atoms with Gasteiger partial charge in [0.05, 0.1) is 11.4 Å². The smallest absolute Gasteiger partial charge is 0.202 e. The average molecular weight is 309 g/mol. The molecule has 1 aromatic carbocycles. The number of aromatic hydroxyl groups is 2. The Morgan fingerprint density at radius 2 is 1.57 bits per heavy atom. The highest BCUT2D eigenvalue weighted by Gasteiger charge is 2.20. The van der Waals surface area contributed by atoms with Gasteiger partial charge in [0.15, 0.2) is 15.7 Å². The lowest BCUT2D eigenvalue weighted by Crippen LogP contribution is -2.02. The average Bonchev–Trinajstić information content (AvgIpc) is 2.53. The monoisotopic (exact) mass is 309 g/mol. The minimum atomic E-state index is -3.30. The maximum atomic E-state index is 11.4. The fourth-order valence-electron chi connectivity index (χ4n) is 2.67. The molecule has 114 valence electrons. The van der Waals surface area contributed by atoms with E-state index < -0.39 is 9.84 Å². The van der Waals surface area contributed by atoms with Gasteiger partial charge < -0.3 is 10.2 Å². The van der Waals surface area contributed by atoms with E-state index in [-0.39, 0.29) is 23.1 Å². The maximum Gasteiger partial charge on any atom is 0.202 e. The molecule has 0 aliphatic heterocycles. The first-order chi connectivity index (χ1) is 9.60. The van der Waals surface area contributed by atoms with Crippen LogP contribution in [0.3, 0.4) is 0 Å². The molecule has 0 amide bonds. The number of hydrogen-bond donors (Lipinski definition) is 2. The molecule has 0 aliphatic carbocycles. The summed E-state index contributed by atoms with van der Waals surface area (Å²) in [6.07, 6.45) is 1.09. The summed E-state index contributed by atoms with van der Waals surface area (Å²) >= 11 is 0. The Bertz CT molecular complexity index is 780. The van der Waals surface area contributed by atoms with Crippen molar-refractivity contribution in [2.24, 2.45) is 0 Å². The SMILES string of the molecule is Cc1cc(C)c(-n2c(O)cc(CS(C)(=O)=O)c2O)c(C)c1. The van der Waals surface area contributed by atoms with Crippen LogP contribution in [-0.2, 0) is 15.6 Å². The lowest BCUT2D eigenvalue weighted by molar-refractivity contribution is 0.400. The molecule has 0 saturated carbocycles. The van der Waals surface area contributed by atoms with Gasteiger partial charge in [-0.3, -0.25) is 4.57 Å². The van der Waals surface area contributed by atoms with Crippen molar-refractivity contribution in [2.75, 3.05) is 6.26 Å². The Kier molecular flexibility index (Phi) is 3.76. The second kappa shape index (κ2) is 5.11. The van der Waals surface area contributed by atoms with Crippen molar-refractivity contribution in [3.63, 3.8) is 0 Å². The first-order valence-corrected chi connectivity index (χ1v) is 8.54. The molecule has 1 aromatic heterocycles. The minimum absolute atomic E-state index is 0.179. The topological polar surface area (TPSA) is 79.5 Å². The molecule has 2 N–H and O–H groups in total. The third kappa shape index (κ3) is 3.05. The summed E-state index contributed by atoms with van der Waals surface area (Å²) in [5.74, 6) is -0.738. The minimum Gasteiger partial charge on any atom is -0.494 e. The van der Waals surface area contributed by atoms with Gasteiger partial charge in [-0.05, 0) is 31.9 Å². The van der Waals surface area contributed by atoms with Crippen molar-refractivity contribution in [3.05, 3.63) is 40.5 Å². The Balaban J connectivity index is 2.66.